The number of carbonyl (C=O) groups excluding carboxylic acids is 2. The fraction of sp³-hybridized carbons (Fsp3) is 0.318. The van der Waals surface area contributed by atoms with Crippen molar-refractivity contribution < 1.29 is 19.1 Å². The summed E-state index contributed by atoms with van der Waals surface area (Å²) >= 11 is 0. The van der Waals surface area contributed by atoms with E-state index in [1.54, 1.807) is 35.2 Å². The van der Waals surface area contributed by atoms with Gasteiger partial charge in [-0.25, -0.2) is 9.80 Å². The van der Waals surface area contributed by atoms with E-state index < -0.39 is 6.10 Å². The SMILES string of the molecule is CC1Oc2ccc(OC3CN(C(=O)N4N=CC[C@H]4c4ccccc4)C3)cc2NC1=O. The fourth-order valence-electron chi connectivity index (χ4n) is 3.82. The molecule has 0 saturated carbocycles. The molecule has 2 aromatic rings. The molecule has 8 nitrogen and oxygen atoms in total. The van der Waals surface area contributed by atoms with Crippen LogP contribution in [0.3, 0.4) is 0 Å². The van der Waals surface area contributed by atoms with Gasteiger partial charge in [0.2, 0.25) is 0 Å². The van der Waals surface area contributed by atoms with Gasteiger partial charge in [0.25, 0.3) is 5.91 Å². The van der Waals surface area contributed by atoms with Crippen LogP contribution in [0.5, 0.6) is 11.5 Å². The number of nitrogens with one attached hydrogen (secondary N) is 1. The van der Waals surface area contributed by atoms with E-state index in [2.05, 4.69) is 10.4 Å². The van der Waals surface area contributed by atoms with Gasteiger partial charge >= 0.3 is 6.03 Å². The Morgan fingerprint density at radius 2 is 2.00 bits per heavy atom. The quantitative estimate of drug-likeness (QED) is 0.849. The predicted octanol–water partition coefficient (Wildman–Crippen LogP) is 3.02. The molecule has 1 fully saturated rings. The van der Waals surface area contributed by atoms with Crippen LogP contribution < -0.4 is 14.8 Å². The largest absolute Gasteiger partial charge is 0.487 e. The Morgan fingerprint density at radius 1 is 1.20 bits per heavy atom. The second-order valence-electron chi connectivity index (χ2n) is 7.64. The average Bonchev–Trinajstić information content (AvgIpc) is 3.21. The highest BCUT2D eigenvalue weighted by Crippen LogP contribution is 2.34. The van der Waals surface area contributed by atoms with Crippen LogP contribution in [0.1, 0.15) is 24.9 Å². The molecule has 0 spiro atoms. The topological polar surface area (TPSA) is 83.5 Å². The van der Waals surface area contributed by atoms with Crippen molar-refractivity contribution in [1.82, 2.24) is 9.91 Å². The number of hydrazone groups is 1. The van der Waals surface area contributed by atoms with E-state index in [4.69, 9.17) is 9.47 Å². The minimum atomic E-state index is -0.511. The van der Waals surface area contributed by atoms with Crippen molar-refractivity contribution in [1.29, 1.82) is 0 Å². The number of hydrogen-bond donors (Lipinski definition) is 1. The predicted molar refractivity (Wildman–Crippen MR) is 111 cm³/mol. The third kappa shape index (κ3) is 3.34. The van der Waals surface area contributed by atoms with Crippen molar-refractivity contribution >= 4 is 23.8 Å². The third-order valence-electron chi connectivity index (χ3n) is 5.51. The first-order valence-corrected chi connectivity index (χ1v) is 10.0. The van der Waals surface area contributed by atoms with E-state index in [0.29, 0.717) is 36.7 Å². The van der Waals surface area contributed by atoms with Gasteiger partial charge < -0.3 is 19.7 Å². The summed E-state index contributed by atoms with van der Waals surface area (Å²) in [5.41, 5.74) is 1.67. The molecule has 5 rings (SSSR count). The molecule has 0 aliphatic carbocycles. The molecule has 3 heterocycles. The van der Waals surface area contributed by atoms with Crippen LogP contribution in [0.15, 0.2) is 53.6 Å². The van der Waals surface area contributed by atoms with E-state index in [0.717, 1.165) is 5.56 Å². The van der Waals surface area contributed by atoms with E-state index in [1.165, 1.54) is 0 Å². The average molecular weight is 406 g/mol. The third-order valence-corrected chi connectivity index (χ3v) is 5.51. The van der Waals surface area contributed by atoms with Crippen LogP contribution >= 0.6 is 0 Å². The number of benzene rings is 2. The maximum atomic E-state index is 12.9. The molecule has 1 N–H and O–H groups in total. The summed E-state index contributed by atoms with van der Waals surface area (Å²) in [4.78, 5) is 26.4. The monoisotopic (exact) mass is 406 g/mol. The van der Waals surface area contributed by atoms with Gasteiger partial charge in [-0.3, -0.25) is 4.79 Å². The highest BCUT2D eigenvalue weighted by Gasteiger charge is 2.39. The van der Waals surface area contributed by atoms with E-state index in [9.17, 15) is 9.59 Å². The highest BCUT2D eigenvalue weighted by molar-refractivity contribution is 5.97. The molecule has 2 aromatic carbocycles. The molecule has 1 unspecified atom stereocenters. The molecule has 3 aliphatic rings. The van der Waals surface area contributed by atoms with Gasteiger partial charge in [-0.2, -0.15) is 5.10 Å². The molecule has 1 saturated heterocycles. The van der Waals surface area contributed by atoms with E-state index in [1.807, 2.05) is 36.4 Å². The maximum absolute atomic E-state index is 12.9. The van der Waals surface area contributed by atoms with Gasteiger partial charge in [0.15, 0.2) is 6.10 Å². The number of hydrogen-bond acceptors (Lipinski definition) is 5. The summed E-state index contributed by atoms with van der Waals surface area (Å²) in [6.45, 7) is 2.68. The number of likely N-dealkylation sites (tertiary alicyclic amines) is 1. The maximum Gasteiger partial charge on any atom is 0.341 e. The molecule has 30 heavy (non-hydrogen) atoms. The molecule has 3 aliphatic heterocycles. The Morgan fingerprint density at radius 3 is 2.80 bits per heavy atom. The summed E-state index contributed by atoms with van der Waals surface area (Å²) < 4.78 is 11.5. The number of ether oxygens (including phenoxy) is 2. The number of anilines is 1. The number of urea groups is 1. The number of carbonyl (C=O) groups is 2. The zero-order valence-electron chi connectivity index (χ0n) is 16.5. The Labute approximate surface area is 174 Å². The van der Waals surface area contributed by atoms with Crippen LogP contribution in [-0.2, 0) is 4.79 Å². The van der Waals surface area contributed by atoms with Crippen molar-refractivity contribution in [3.8, 4) is 11.5 Å². The van der Waals surface area contributed by atoms with Crippen LogP contribution in [0.4, 0.5) is 10.5 Å². The van der Waals surface area contributed by atoms with E-state index >= 15 is 0 Å². The van der Waals surface area contributed by atoms with Crippen LogP contribution in [0.2, 0.25) is 0 Å². The Balaban J connectivity index is 1.19. The molecular formula is C22H22N4O4. The Kier molecular flexibility index (Phi) is 4.54. The second kappa shape index (κ2) is 7.37. The van der Waals surface area contributed by atoms with Crippen molar-refractivity contribution in [2.75, 3.05) is 18.4 Å². The van der Waals surface area contributed by atoms with Crippen LogP contribution in [0, 0.1) is 0 Å². The van der Waals surface area contributed by atoms with Gasteiger partial charge in [-0.1, -0.05) is 30.3 Å². The van der Waals surface area contributed by atoms with E-state index in [-0.39, 0.29) is 24.1 Å². The summed E-state index contributed by atoms with van der Waals surface area (Å²) in [6.07, 6.45) is 1.88. The zero-order chi connectivity index (χ0) is 20.7. The number of rotatable bonds is 3. The normalized spacial score (nSPS) is 22.8. The van der Waals surface area contributed by atoms with Crippen molar-refractivity contribution in [2.24, 2.45) is 5.10 Å². The lowest BCUT2D eigenvalue weighted by Crippen LogP contribution is -2.58. The fourth-order valence-corrected chi connectivity index (χ4v) is 3.82. The number of nitrogens with zero attached hydrogens (tertiary/aromatic N) is 3. The van der Waals surface area contributed by atoms with Gasteiger partial charge in [0.05, 0.1) is 24.8 Å². The number of fused-ring (bicyclic) bond motifs is 1. The first-order valence-electron chi connectivity index (χ1n) is 10.0. The van der Waals surface area contributed by atoms with Crippen molar-refractivity contribution in [3.63, 3.8) is 0 Å². The lowest BCUT2D eigenvalue weighted by Gasteiger charge is -2.41. The van der Waals surface area contributed by atoms with Gasteiger partial charge in [-0.05, 0) is 24.6 Å². The molecular weight excluding hydrogens is 384 g/mol. The smallest absolute Gasteiger partial charge is 0.341 e. The van der Waals surface area contributed by atoms with Gasteiger partial charge in [0.1, 0.15) is 17.6 Å². The molecule has 0 radical (unpaired) electrons. The summed E-state index contributed by atoms with van der Waals surface area (Å²) in [7, 11) is 0. The standard InChI is InChI=1S/C22H22N4O4/c1-14-21(27)24-18-11-16(7-8-20(18)29-14)30-17-12-25(13-17)22(28)26-19(9-10-23-26)15-5-3-2-4-6-15/h2-8,10-11,14,17,19H,9,12-13H2,1H3,(H,24,27)/t14?,19-/m0/s1. The second-order valence-corrected chi connectivity index (χ2v) is 7.64. The summed E-state index contributed by atoms with van der Waals surface area (Å²) in [6, 6.07) is 15.1. The van der Waals surface area contributed by atoms with Gasteiger partial charge in [0, 0.05) is 18.7 Å². The highest BCUT2D eigenvalue weighted by atomic mass is 16.5. The molecule has 0 aromatic heterocycles. The molecule has 3 amide bonds. The first-order chi connectivity index (χ1) is 14.6. The van der Waals surface area contributed by atoms with Crippen LogP contribution in [0.25, 0.3) is 0 Å². The van der Waals surface area contributed by atoms with Crippen molar-refractivity contribution in [3.05, 3.63) is 54.1 Å². The minimum absolute atomic E-state index is 0.0645. The lowest BCUT2D eigenvalue weighted by atomic mass is 10.0. The van der Waals surface area contributed by atoms with Crippen LogP contribution in [-0.4, -0.2) is 53.4 Å². The zero-order valence-corrected chi connectivity index (χ0v) is 16.5. The van der Waals surface area contributed by atoms with Gasteiger partial charge in [-0.15, -0.1) is 0 Å². The molecule has 154 valence electrons. The summed E-state index contributed by atoms with van der Waals surface area (Å²) in [5.74, 6) is 1.07. The molecule has 8 heteroatoms. The first kappa shape index (κ1) is 18.5. The number of amides is 3. The Bertz CT molecular complexity index is 1000. The molecule has 0 bridgehead atoms. The molecule has 2 atom stereocenters. The summed E-state index contributed by atoms with van der Waals surface area (Å²) in [5, 5.41) is 8.66. The minimum Gasteiger partial charge on any atom is -0.487 e. The Hall–Kier alpha value is -3.55. The van der Waals surface area contributed by atoms with Crippen molar-refractivity contribution in [2.45, 2.75) is 31.6 Å². The lowest BCUT2D eigenvalue weighted by molar-refractivity contribution is -0.122.